The van der Waals surface area contributed by atoms with Crippen molar-refractivity contribution >= 4 is 33.4 Å². The summed E-state index contributed by atoms with van der Waals surface area (Å²) in [6.45, 7) is 1.10. The Morgan fingerprint density at radius 1 is 1.42 bits per heavy atom. The fourth-order valence-electron chi connectivity index (χ4n) is 1.24. The quantitative estimate of drug-likeness (QED) is 0.751. The van der Waals surface area contributed by atoms with Gasteiger partial charge >= 0.3 is 0 Å². The molecule has 0 spiro atoms. The molecule has 0 saturated carbocycles. The molecule has 1 aromatic carbocycles. The van der Waals surface area contributed by atoms with Crippen molar-refractivity contribution in [1.29, 1.82) is 0 Å². The molecule has 0 fully saturated rings. The first-order chi connectivity index (χ1) is 5.86. The molecule has 1 N–H and O–H groups in total. The summed E-state index contributed by atoms with van der Waals surface area (Å²) in [5, 5.41) is 3.41. The van der Waals surface area contributed by atoms with Crippen LogP contribution in [0.25, 0.3) is 0 Å². The Hall–Kier alpha value is -0.150. The highest BCUT2D eigenvalue weighted by Gasteiger charge is 2.06. The van der Waals surface area contributed by atoms with Crippen LogP contribution in [0.4, 0.5) is 5.69 Å². The van der Waals surface area contributed by atoms with Crippen LogP contribution in [0, 0.1) is 0 Å². The summed E-state index contributed by atoms with van der Waals surface area (Å²) >= 11 is 5.41. The normalized spacial score (nSPS) is 16.1. The average molecular weight is 244 g/mol. The molecule has 0 bridgehead atoms. The van der Waals surface area contributed by atoms with Crippen molar-refractivity contribution in [3.63, 3.8) is 0 Å². The van der Waals surface area contributed by atoms with Gasteiger partial charge in [0.05, 0.1) is 0 Å². The lowest BCUT2D eigenvalue weighted by Crippen LogP contribution is -1.99. The molecule has 1 nitrogen and oxygen atoms in total. The molecule has 0 radical (unpaired) electrons. The highest BCUT2D eigenvalue weighted by atomic mass is 79.9. The van der Waals surface area contributed by atoms with Crippen LogP contribution < -0.4 is 5.32 Å². The lowest BCUT2D eigenvalue weighted by atomic mass is 10.3. The van der Waals surface area contributed by atoms with E-state index in [1.54, 1.807) is 0 Å². The molecule has 64 valence electrons. The Kier molecular flexibility index (Phi) is 2.61. The molecule has 1 aliphatic heterocycles. The Morgan fingerprint density at radius 3 is 3.25 bits per heavy atom. The minimum atomic E-state index is 1.10. The number of nitrogens with one attached hydrogen (secondary N) is 1. The van der Waals surface area contributed by atoms with Gasteiger partial charge in [0.2, 0.25) is 0 Å². The number of fused-ring (bicyclic) bond motifs is 1. The van der Waals surface area contributed by atoms with Crippen molar-refractivity contribution < 1.29 is 0 Å². The first-order valence-corrected chi connectivity index (χ1v) is 5.80. The van der Waals surface area contributed by atoms with Crippen molar-refractivity contribution in [3.8, 4) is 0 Å². The van der Waals surface area contributed by atoms with Crippen LogP contribution in [0.1, 0.15) is 6.42 Å². The monoisotopic (exact) mass is 243 g/mol. The largest absolute Gasteiger partial charge is 0.384 e. The number of rotatable bonds is 0. The van der Waals surface area contributed by atoms with Gasteiger partial charge in [-0.2, -0.15) is 0 Å². The molecule has 12 heavy (non-hydrogen) atoms. The van der Waals surface area contributed by atoms with Crippen LogP contribution in [-0.4, -0.2) is 12.3 Å². The summed E-state index contributed by atoms with van der Waals surface area (Å²) in [6.07, 6.45) is 1.25. The molecule has 0 saturated heterocycles. The standard InChI is InChI=1S/C9H10BrNS/c10-7-2-3-8-9(6-7)12-5-1-4-11-8/h2-3,6,11H,1,4-5H2. The number of benzene rings is 1. The van der Waals surface area contributed by atoms with Crippen molar-refractivity contribution in [1.82, 2.24) is 0 Å². The minimum absolute atomic E-state index is 1.10. The summed E-state index contributed by atoms with van der Waals surface area (Å²) in [4.78, 5) is 1.36. The molecule has 0 unspecified atom stereocenters. The van der Waals surface area contributed by atoms with E-state index in [4.69, 9.17) is 0 Å². The predicted molar refractivity (Wildman–Crippen MR) is 58.0 cm³/mol. The molecule has 0 aliphatic carbocycles. The van der Waals surface area contributed by atoms with E-state index in [2.05, 4.69) is 39.4 Å². The maximum Gasteiger partial charge on any atom is 0.0479 e. The van der Waals surface area contributed by atoms with Crippen molar-refractivity contribution in [2.24, 2.45) is 0 Å². The summed E-state index contributed by atoms with van der Waals surface area (Å²) in [5.74, 6) is 1.22. The summed E-state index contributed by atoms with van der Waals surface area (Å²) in [6, 6.07) is 6.40. The predicted octanol–water partition coefficient (Wildman–Crippen LogP) is 3.36. The van der Waals surface area contributed by atoms with E-state index >= 15 is 0 Å². The number of hydrogen-bond donors (Lipinski definition) is 1. The Balaban J connectivity index is 2.36. The third-order valence-corrected chi connectivity index (χ3v) is 3.47. The number of thioether (sulfide) groups is 1. The highest BCUT2D eigenvalue weighted by molar-refractivity contribution is 9.10. The molecule has 1 aliphatic rings. The van der Waals surface area contributed by atoms with Crippen LogP contribution in [0.5, 0.6) is 0 Å². The van der Waals surface area contributed by atoms with Gasteiger partial charge < -0.3 is 5.32 Å². The van der Waals surface area contributed by atoms with Gasteiger partial charge in [-0.1, -0.05) is 15.9 Å². The molecule has 1 heterocycles. The van der Waals surface area contributed by atoms with Gasteiger partial charge in [-0.25, -0.2) is 0 Å². The maximum atomic E-state index is 3.47. The Morgan fingerprint density at radius 2 is 2.33 bits per heavy atom. The third kappa shape index (κ3) is 1.77. The molecule has 2 rings (SSSR count). The first kappa shape index (κ1) is 8.45. The number of halogens is 1. The van der Waals surface area contributed by atoms with E-state index < -0.39 is 0 Å². The molecule has 0 amide bonds. The van der Waals surface area contributed by atoms with Gasteiger partial charge in [-0.05, 0) is 30.4 Å². The van der Waals surface area contributed by atoms with Gasteiger partial charge in [0.25, 0.3) is 0 Å². The van der Waals surface area contributed by atoms with Crippen LogP contribution in [0.3, 0.4) is 0 Å². The van der Waals surface area contributed by atoms with E-state index in [0.29, 0.717) is 0 Å². The van der Waals surface area contributed by atoms with E-state index in [0.717, 1.165) is 11.0 Å². The van der Waals surface area contributed by atoms with Crippen LogP contribution >= 0.6 is 27.7 Å². The van der Waals surface area contributed by atoms with Crippen molar-refractivity contribution in [3.05, 3.63) is 22.7 Å². The zero-order valence-electron chi connectivity index (χ0n) is 6.64. The van der Waals surface area contributed by atoms with Gasteiger partial charge in [-0.15, -0.1) is 11.8 Å². The second-order valence-corrected chi connectivity index (χ2v) is 4.82. The Labute approximate surface area is 85.1 Å². The fourth-order valence-corrected chi connectivity index (χ4v) is 2.77. The van der Waals surface area contributed by atoms with Crippen LogP contribution in [-0.2, 0) is 0 Å². The summed E-state index contributed by atoms with van der Waals surface area (Å²) < 4.78 is 1.16. The van der Waals surface area contributed by atoms with Gasteiger partial charge in [0, 0.05) is 21.6 Å². The van der Waals surface area contributed by atoms with Gasteiger partial charge in [0.1, 0.15) is 0 Å². The van der Waals surface area contributed by atoms with E-state index in [9.17, 15) is 0 Å². The number of anilines is 1. The lowest BCUT2D eigenvalue weighted by molar-refractivity contribution is 0.999. The second-order valence-electron chi connectivity index (χ2n) is 2.77. The second kappa shape index (κ2) is 3.71. The molecular formula is C9H10BrNS. The van der Waals surface area contributed by atoms with E-state index in [-0.39, 0.29) is 0 Å². The number of hydrogen-bond acceptors (Lipinski definition) is 2. The SMILES string of the molecule is Brc1ccc2c(c1)SCCCN2. The van der Waals surface area contributed by atoms with Gasteiger partial charge in [-0.3, -0.25) is 0 Å². The lowest BCUT2D eigenvalue weighted by Gasteiger charge is -2.05. The van der Waals surface area contributed by atoms with Crippen molar-refractivity contribution in [2.45, 2.75) is 11.3 Å². The zero-order valence-corrected chi connectivity index (χ0v) is 9.04. The minimum Gasteiger partial charge on any atom is -0.384 e. The van der Waals surface area contributed by atoms with Crippen LogP contribution in [0.15, 0.2) is 27.6 Å². The first-order valence-electron chi connectivity index (χ1n) is 4.02. The third-order valence-electron chi connectivity index (χ3n) is 1.84. The highest BCUT2D eigenvalue weighted by Crippen LogP contribution is 2.32. The zero-order chi connectivity index (χ0) is 8.39. The molecule has 1 aromatic rings. The summed E-state index contributed by atoms with van der Waals surface area (Å²) in [5.41, 5.74) is 1.28. The van der Waals surface area contributed by atoms with E-state index in [1.807, 2.05) is 11.8 Å². The summed E-state index contributed by atoms with van der Waals surface area (Å²) in [7, 11) is 0. The van der Waals surface area contributed by atoms with Crippen molar-refractivity contribution in [2.75, 3.05) is 17.6 Å². The maximum absolute atomic E-state index is 3.47. The smallest absolute Gasteiger partial charge is 0.0479 e. The molecule has 3 heteroatoms. The topological polar surface area (TPSA) is 12.0 Å². The van der Waals surface area contributed by atoms with E-state index in [1.165, 1.54) is 22.8 Å². The van der Waals surface area contributed by atoms with Gasteiger partial charge in [0.15, 0.2) is 0 Å². The van der Waals surface area contributed by atoms with Crippen LogP contribution in [0.2, 0.25) is 0 Å². The Bertz CT molecular complexity index is 288. The molecular weight excluding hydrogens is 234 g/mol. The fraction of sp³-hybridized carbons (Fsp3) is 0.333. The molecule has 0 aromatic heterocycles. The average Bonchev–Trinajstić information content (AvgIpc) is 2.28. The molecule has 0 atom stereocenters.